The summed E-state index contributed by atoms with van der Waals surface area (Å²) in [7, 11) is 0. The number of hydrogen-bond acceptors (Lipinski definition) is 4. The topological polar surface area (TPSA) is 115 Å². The van der Waals surface area contributed by atoms with E-state index in [1.165, 1.54) is 0 Å². The molecule has 0 bridgehead atoms. The first-order valence-corrected chi connectivity index (χ1v) is 4.11. The number of carbonyl (C=O) groups is 1. The maximum atomic E-state index is 10.4. The van der Waals surface area contributed by atoms with Crippen LogP contribution in [-0.2, 0) is 4.79 Å². The van der Waals surface area contributed by atoms with Gasteiger partial charge in [-0.2, -0.15) is 0 Å². The van der Waals surface area contributed by atoms with E-state index >= 15 is 0 Å². The molecule has 1 atom stereocenters. The minimum absolute atomic E-state index is 0. The van der Waals surface area contributed by atoms with Crippen molar-refractivity contribution in [1.82, 2.24) is 5.32 Å². The van der Waals surface area contributed by atoms with Crippen LogP contribution in [0.25, 0.3) is 0 Å². The summed E-state index contributed by atoms with van der Waals surface area (Å²) in [6, 6.07) is -0.502. The van der Waals surface area contributed by atoms with Gasteiger partial charge in [0.1, 0.15) is 0 Å². The van der Waals surface area contributed by atoms with Crippen LogP contribution in [0.4, 0.5) is 0 Å². The summed E-state index contributed by atoms with van der Waals surface area (Å²) in [6.07, 6.45) is 0. The van der Waals surface area contributed by atoms with Gasteiger partial charge in [-0.1, -0.05) is 0 Å². The molecule has 7 heteroatoms. The van der Waals surface area contributed by atoms with E-state index in [1.807, 2.05) is 13.8 Å². The molecule has 1 fully saturated rings. The van der Waals surface area contributed by atoms with Crippen LogP contribution in [0.2, 0.25) is 0 Å². The molecular weight excluding hydrogens is 221 g/mol. The number of thioether (sulfide) groups is 1. The van der Waals surface area contributed by atoms with Gasteiger partial charge < -0.3 is 20.9 Å². The molecular formula is C6H14KNO4S. The largest absolute Gasteiger partial charge is 1.00 e. The molecule has 1 rings (SSSR count). The zero-order valence-corrected chi connectivity index (χ0v) is 11.9. The number of carboxylic acids is 1. The standard InChI is InChI=1S/C6H11NO2S.K.2H2O/c1-6(2)4(5(8)9)7-3-10-6;;;/h4,7H,3H2,1-2H3,(H,8,9);;2*1H2/q;+1;;/p-1. The molecule has 1 aliphatic heterocycles. The van der Waals surface area contributed by atoms with Gasteiger partial charge in [-0.05, 0) is 13.8 Å². The molecule has 0 aromatic heterocycles. The van der Waals surface area contributed by atoms with Crippen LogP contribution < -0.4 is 61.8 Å². The van der Waals surface area contributed by atoms with Crippen molar-refractivity contribution in [3.63, 3.8) is 0 Å². The number of rotatable bonds is 1. The molecule has 0 aliphatic carbocycles. The van der Waals surface area contributed by atoms with Gasteiger partial charge in [-0.25, -0.2) is 0 Å². The molecule has 1 heterocycles. The van der Waals surface area contributed by atoms with Gasteiger partial charge in [0, 0.05) is 10.6 Å². The van der Waals surface area contributed by atoms with Crippen molar-refractivity contribution in [2.24, 2.45) is 0 Å². The average Bonchev–Trinajstić information content (AvgIpc) is 2.08. The summed E-state index contributed by atoms with van der Waals surface area (Å²) in [4.78, 5) is 10.4. The van der Waals surface area contributed by atoms with Crippen molar-refractivity contribution in [2.75, 3.05) is 5.88 Å². The third-order valence-electron chi connectivity index (χ3n) is 1.66. The van der Waals surface area contributed by atoms with Crippen molar-refractivity contribution >= 4 is 17.7 Å². The molecule has 0 amide bonds. The summed E-state index contributed by atoms with van der Waals surface area (Å²) >= 11 is 1.60. The van der Waals surface area contributed by atoms with Crippen LogP contribution >= 0.6 is 11.8 Å². The molecule has 1 aliphatic rings. The van der Waals surface area contributed by atoms with Gasteiger partial charge in [-0.15, -0.1) is 11.8 Å². The minimum atomic E-state index is -1.00. The zero-order chi connectivity index (χ0) is 7.78. The Bertz CT molecular complexity index is 167. The third-order valence-corrected chi connectivity index (χ3v) is 2.95. The molecule has 5 nitrogen and oxygen atoms in total. The van der Waals surface area contributed by atoms with E-state index in [1.54, 1.807) is 11.8 Å². The second-order valence-electron chi connectivity index (χ2n) is 2.85. The van der Waals surface area contributed by atoms with Crippen LogP contribution in [0.1, 0.15) is 13.8 Å². The van der Waals surface area contributed by atoms with E-state index in [2.05, 4.69) is 5.32 Å². The van der Waals surface area contributed by atoms with E-state index in [-0.39, 0.29) is 67.1 Å². The van der Waals surface area contributed by atoms with Crippen LogP contribution in [0, 0.1) is 0 Å². The van der Waals surface area contributed by atoms with Crippen molar-refractivity contribution in [2.45, 2.75) is 24.6 Å². The fourth-order valence-electron chi connectivity index (χ4n) is 1.01. The van der Waals surface area contributed by atoms with Gasteiger partial charge in [0.2, 0.25) is 0 Å². The summed E-state index contributed by atoms with van der Waals surface area (Å²) in [5.74, 6) is -0.305. The Labute approximate surface area is 124 Å². The monoisotopic (exact) mass is 235 g/mol. The first kappa shape index (κ1) is 19.8. The number of hydrogen-bond donors (Lipinski definition) is 1. The maximum Gasteiger partial charge on any atom is 1.00 e. The molecule has 13 heavy (non-hydrogen) atoms. The van der Waals surface area contributed by atoms with Crippen molar-refractivity contribution in [1.29, 1.82) is 0 Å². The molecule has 5 N–H and O–H groups in total. The van der Waals surface area contributed by atoms with Gasteiger partial charge in [-0.3, -0.25) is 5.32 Å². The summed E-state index contributed by atoms with van der Waals surface area (Å²) in [5.41, 5.74) is 0. The molecule has 1 saturated heterocycles. The number of aliphatic carboxylic acids is 1. The van der Waals surface area contributed by atoms with Crippen LogP contribution in [0.15, 0.2) is 0 Å². The van der Waals surface area contributed by atoms with E-state index < -0.39 is 12.0 Å². The van der Waals surface area contributed by atoms with Crippen molar-refractivity contribution in [3.05, 3.63) is 0 Å². The van der Waals surface area contributed by atoms with Crippen LogP contribution in [0.3, 0.4) is 0 Å². The van der Waals surface area contributed by atoms with E-state index in [4.69, 9.17) is 0 Å². The summed E-state index contributed by atoms with van der Waals surface area (Å²) < 4.78 is -0.223. The Kier molecular flexibility index (Phi) is 11.6. The fraction of sp³-hybridized carbons (Fsp3) is 0.833. The smallest absolute Gasteiger partial charge is 0.548 e. The van der Waals surface area contributed by atoms with Crippen LogP contribution in [-0.4, -0.2) is 33.6 Å². The quantitative estimate of drug-likeness (QED) is 0.456. The molecule has 1 unspecified atom stereocenters. The molecule has 74 valence electrons. The van der Waals surface area contributed by atoms with Gasteiger partial charge >= 0.3 is 51.4 Å². The number of nitrogens with one attached hydrogen (secondary N) is 1. The van der Waals surface area contributed by atoms with Crippen LogP contribution in [0.5, 0.6) is 0 Å². The first-order chi connectivity index (χ1) is 4.54. The van der Waals surface area contributed by atoms with E-state index in [0.717, 1.165) is 0 Å². The maximum absolute atomic E-state index is 10.4. The Balaban J connectivity index is -0.000000333. The summed E-state index contributed by atoms with van der Waals surface area (Å²) in [6.45, 7) is 3.80. The molecule has 0 aromatic rings. The number of carboxylic acid groups (broad SMARTS) is 1. The Morgan fingerprint density at radius 2 is 2.00 bits per heavy atom. The minimum Gasteiger partial charge on any atom is -0.548 e. The first-order valence-electron chi connectivity index (χ1n) is 3.12. The summed E-state index contributed by atoms with van der Waals surface area (Å²) in [5, 5.41) is 13.3. The zero-order valence-electron chi connectivity index (χ0n) is 8.01. The normalized spacial score (nSPS) is 23.4. The third kappa shape index (κ3) is 5.10. The fourth-order valence-corrected chi connectivity index (χ4v) is 1.98. The van der Waals surface area contributed by atoms with Crippen molar-refractivity contribution < 1.29 is 72.2 Å². The molecule has 0 aromatic carbocycles. The Hall–Kier alpha value is 1.34. The van der Waals surface area contributed by atoms with E-state index in [9.17, 15) is 9.90 Å². The molecule has 0 saturated carbocycles. The SMILES string of the molecule is CC1(C)SCNC1C(=O)[O-].O.O.[K+]. The number of carbonyl (C=O) groups excluding carboxylic acids is 1. The molecule has 0 spiro atoms. The second-order valence-corrected chi connectivity index (χ2v) is 4.48. The van der Waals surface area contributed by atoms with Crippen molar-refractivity contribution in [3.8, 4) is 0 Å². The van der Waals surface area contributed by atoms with E-state index in [0.29, 0.717) is 5.88 Å². The predicted octanol–water partition coefficient (Wildman–Crippen LogP) is -5.47. The van der Waals surface area contributed by atoms with Gasteiger partial charge in [0.05, 0.1) is 12.0 Å². The second kappa shape index (κ2) is 7.61. The Morgan fingerprint density at radius 3 is 2.15 bits per heavy atom. The average molecular weight is 235 g/mol. The Morgan fingerprint density at radius 1 is 1.54 bits per heavy atom. The predicted molar refractivity (Wildman–Crippen MR) is 45.7 cm³/mol. The molecule has 0 radical (unpaired) electrons. The van der Waals surface area contributed by atoms with Gasteiger partial charge in [0.15, 0.2) is 0 Å². The van der Waals surface area contributed by atoms with Gasteiger partial charge in [0.25, 0.3) is 0 Å².